The highest BCUT2D eigenvalue weighted by Crippen LogP contribution is 2.17. The molecule has 0 spiro atoms. The molecular formula is C15H19N3O3S. The quantitative estimate of drug-likeness (QED) is 0.914. The number of aliphatic hydroxyl groups is 1. The maximum Gasteiger partial charge on any atom is 0.262 e. The summed E-state index contributed by atoms with van der Waals surface area (Å²) in [6, 6.07) is 1.77. The molecule has 118 valence electrons. The van der Waals surface area contributed by atoms with E-state index in [9.17, 15) is 9.59 Å². The van der Waals surface area contributed by atoms with Gasteiger partial charge in [0.15, 0.2) is 0 Å². The van der Waals surface area contributed by atoms with E-state index in [1.807, 2.05) is 10.3 Å². The van der Waals surface area contributed by atoms with Crippen molar-refractivity contribution >= 4 is 27.5 Å². The van der Waals surface area contributed by atoms with Crippen LogP contribution in [0, 0.1) is 5.92 Å². The van der Waals surface area contributed by atoms with Gasteiger partial charge in [0.25, 0.3) is 5.56 Å². The molecule has 1 amide bonds. The van der Waals surface area contributed by atoms with Crippen LogP contribution >= 0.6 is 11.3 Å². The van der Waals surface area contributed by atoms with Crippen LogP contribution in [0.4, 0.5) is 0 Å². The molecule has 0 aliphatic carbocycles. The van der Waals surface area contributed by atoms with Crippen LogP contribution in [0.1, 0.15) is 19.3 Å². The number of aryl methyl sites for hydroxylation is 1. The molecule has 3 rings (SSSR count). The highest BCUT2D eigenvalue weighted by molar-refractivity contribution is 7.16. The Morgan fingerprint density at radius 2 is 2.18 bits per heavy atom. The monoisotopic (exact) mass is 321 g/mol. The van der Waals surface area contributed by atoms with Crippen LogP contribution in [0.3, 0.4) is 0 Å². The molecule has 1 aliphatic rings. The average Bonchev–Trinajstić information content (AvgIpc) is 3.03. The van der Waals surface area contributed by atoms with Gasteiger partial charge in [-0.15, -0.1) is 11.3 Å². The topological polar surface area (TPSA) is 75.4 Å². The largest absolute Gasteiger partial charge is 0.396 e. The molecule has 1 saturated heterocycles. The number of aliphatic hydroxyl groups excluding tert-OH is 1. The molecule has 6 nitrogen and oxygen atoms in total. The molecule has 0 atom stereocenters. The molecule has 0 unspecified atom stereocenters. The first-order valence-corrected chi connectivity index (χ1v) is 8.38. The minimum Gasteiger partial charge on any atom is -0.396 e. The smallest absolute Gasteiger partial charge is 0.262 e. The number of rotatable bonds is 4. The van der Waals surface area contributed by atoms with Gasteiger partial charge in [0.05, 0.1) is 11.7 Å². The lowest BCUT2D eigenvalue weighted by atomic mass is 9.98. The fourth-order valence-electron chi connectivity index (χ4n) is 2.79. The minimum atomic E-state index is -0.0851. The normalized spacial score (nSPS) is 16.3. The molecule has 0 aromatic carbocycles. The fourth-order valence-corrected chi connectivity index (χ4v) is 3.52. The number of amides is 1. The number of aromatic nitrogens is 2. The number of carbonyl (C=O) groups excluding carboxylic acids is 1. The molecule has 0 bridgehead atoms. The van der Waals surface area contributed by atoms with Crippen LogP contribution in [0.25, 0.3) is 10.2 Å². The van der Waals surface area contributed by atoms with E-state index < -0.39 is 0 Å². The Hall–Kier alpha value is -1.73. The lowest BCUT2D eigenvalue weighted by Gasteiger charge is -2.31. The van der Waals surface area contributed by atoms with Crippen molar-refractivity contribution in [1.82, 2.24) is 14.5 Å². The number of fused-ring (bicyclic) bond motifs is 1. The minimum absolute atomic E-state index is 0.0636. The zero-order valence-electron chi connectivity index (χ0n) is 12.3. The zero-order chi connectivity index (χ0) is 15.5. The van der Waals surface area contributed by atoms with Gasteiger partial charge in [0.2, 0.25) is 5.91 Å². The predicted octanol–water partition coefficient (Wildman–Crippen LogP) is 1.08. The first kappa shape index (κ1) is 15.2. The lowest BCUT2D eigenvalue weighted by molar-refractivity contribution is -0.133. The van der Waals surface area contributed by atoms with E-state index >= 15 is 0 Å². The van der Waals surface area contributed by atoms with E-state index in [1.165, 1.54) is 22.2 Å². The van der Waals surface area contributed by atoms with Gasteiger partial charge < -0.3 is 10.0 Å². The number of hydrogen-bond donors (Lipinski definition) is 1. The van der Waals surface area contributed by atoms with Crippen molar-refractivity contribution in [2.75, 3.05) is 19.7 Å². The van der Waals surface area contributed by atoms with Gasteiger partial charge >= 0.3 is 0 Å². The van der Waals surface area contributed by atoms with Crippen molar-refractivity contribution in [3.63, 3.8) is 0 Å². The molecule has 3 heterocycles. The second-order valence-electron chi connectivity index (χ2n) is 5.64. The third-order valence-corrected chi connectivity index (χ3v) is 5.06. The van der Waals surface area contributed by atoms with Crippen molar-refractivity contribution in [2.45, 2.75) is 25.8 Å². The molecule has 1 aliphatic heterocycles. The van der Waals surface area contributed by atoms with Gasteiger partial charge in [-0.25, -0.2) is 4.98 Å². The van der Waals surface area contributed by atoms with Gasteiger partial charge in [0.1, 0.15) is 4.83 Å². The second kappa shape index (κ2) is 6.58. The Balaban J connectivity index is 1.60. The summed E-state index contributed by atoms with van der Waals surface area (Å²) in [6.45, 7) is 1.95. The molecule has 7 heteroatoms. The first-order chi connectivity index (χ1) is 10.7. The Morgan fingerprint density at radius 3 is 2.91 bits per heavy atom. The highest BCUT2D eigenvalue weighted by Gasteiger charge is 2.22. The standard InChI is InChI=1S/C15H19N3O3S/c19-9-11-1-5-17(6-2-11)13(20)3-7-18-10-16-14-12(15(18)21)4-8-22-14/h4,8,10-11,19H,1-3,5-7,9H2. The van der Waals surface area contributed by atoms with E-state index in [4.69, 9.17) is 5.11 Å². The average molecular weight is 321 g/mol. The molecule has 2 aromatic heterocycles. The van der Waals surface area contributed by atoms with Crippen molar-refractivity contribution in [1.29, 1.82) is 0 Å². The summed E-state index contributed by atoms with van der Waals surface area (Å²) in [6.07, 6.45) is 3.53. The molecule has 22 heavy (non-hydrogen) atoms. The number of hydrogen-bond acceptors (Lipinski definition) is 5. The van der Waals surface area contributed by atoms with Gasteiger partial charge in [-0.2, -0.15) is 0 Å². The van der Waals surface area contributed by atoms with Gasteiger partial charge in [0, 0.05) is 32.7 Å². The molecule has 2 aromatic rings. The number of thiophene rings is 1. The predicted molar refractivity (Wildman–Crippen MR) is 84.9 cm³/mol. The van der Waals surface area contributed by atoms with E-state index in [2.05, 4.69) is 4.98 Å². The Kier molecular flexibility index (Phi) is 4.54. The summed E-state index contributed by atoms with van der Waals surface area (Å²) < 4.78 is 1.51. The van der Waals surface area contributed by atoms with Crippen LogP contribution in [-0.2, 0) is 11.3 Å². The second-order valence-corrected chi connectivity index (χ2v) is 6.53. The van der Waals surface area contributed by atoms with Crippen LogP contribution in [0.2, 0.25) is 0 Å². The molecule has 0 saturated carbocycles. The van der Waals surface area contributed by atoms with E-state index in [1.54, 1.807) is 6.07 Å². The summed E-state index contributed by atoms with van der Waals surface area (Å²) in [5.41, 5.74) is -0.0851. The third-order valence-electron chi connectivity index (χ3n) is 4.24. The summed E-state index contributed by atoms with van der Waals surface area (Å²) >= 11 is 1.44. The Morgan fingerprint density at radius 1 is 1.41 bits per heavy atom. The maximum absolute atomic E-state index is 12.2. The van der Waals surface area contributed by atoms with Crippen molar-refractivity contribution in [3.8, 4) is 0 Å². The Bertz CT molecular complexity index is 716. The number of carbonyl (C=O) groups is 1. The number of nitrogens with zero attached hydrogens (tertiary/aromatic N) is 3. The van der Waals surface area contributed by atoms with Crippen LogP contribution in [-0.4, -0.2) is 45.2 Å². The van der Waals surface area contributed by atoms with E-state index in [0.29, 0.717) is 37.4 Å². The van der Waals surface area contributed by atoms with E-state index in [-0.39, 0.29) is 18.1 Å². The van der Waals surface area contributed by atoms with Crippen molar-refractivity contribution in [3.05, 3.63) is 28.1 Å². The van der Waals surface area contributed by atoms with E-state index in [0.717, 1.165) is 17.7 Å². The van der Waals surface area contributed by atoms with Gasteiger partial charge in [-0.05, 0) is 30.2 Å². The molecular weight excluding hydrogens is 302 g/mol. The lowest BCUT2D eigenvalue weighted by Crippen LogP contribution is -2.39. The van der Waals surface area contributed by atoms with Crippen molar-refractivity contribution < 1.29 is 9.90 Å². The van der Waals surface area contributed by atoms with Gasteiger partial charge in [-0.1, -0.05) is 0 Å². The molecule has 1 fully saturated rings. The molecule has 1 N–H and O–H groups in total. The zero-order valence-corrected chi connectivity index (χ0v) is 13.1. The third kappa shape index (κ3) is 3.05. The van der Waals surface area contributed by atoms with Crippen LogP contribution in [0.15, 0.2) is 22.6 Å². The summed E-state index contributed by atoms with van der Waals surface area (Å²) in [7, 11) is 0. The highest BCUT2D eigenvalue weighted by atomic mass is 32.1. The summed E-state index contributed by atoms with van der Waals surface area (Å²) in [4.78, 5) is 31.3. The summed E-state index contributed by atoms with van der Waals surface area (Å²) in [5.74, 6) is 0.380. The number of piperidine rings is 1. The number of likely N-dealkylation sites (tertiary alicyclic amines) is 1. The van der Waals surface area contributed by atoms with Crippen molar-refractivity contribution in [2.24, 2.45) is 5.92 Å². The SMILES string of the molecule is O=C(CCn1cnc2sccc2c1=O)N1CCC(CO)CC1. The molecule has 0 radical (unpaired) electrons. The Labute approximate surface area is 132 Å². The van der Waals surface area contributed by atoms with Crippen LogP contribution in [0.5, 0.6) is 0 Å². The first-order valence-electron chi connectivity index (χ1n) is 7.50. The van der Waals surface area contributed by atoms with Crippen LogP contribution < -0.4 is 5.56 Å². The maximum atomic E-state index is 12.2. The fraction of sp³-hybridized carbons (Fsp3) is 0.533. The summed E-state index contributed by atoms with van der Waals surface area (Å²) in [5, 5.41) is 11.6. The van der Waals surface area contributed by atoms with Gasteiger partial charge in [-0.3, -0.25) is 14.2 Å².